The highest BCUT2D eigenvalue weighted by Gasteiger charge is 2.28. The minimum Gasteiger partial charge on any atom is -0.496 e. The smallest absolute Gasteiger partial charge is 0.241 e. The summed E-state index contributed by atoms with van der Waals surface area (Å²) in [6, 6.07) is 13.0. The lowest BCUT2D eigenvalue weighted by atomic mass is 9.95. The van der Waals surface area contributed by atoms with Crippen molar-refractivity contribution in [3.05, 3.63) is 64.0 Å². The van der Waals surface area contributed by atoms with Crippen LogP contribution in [0, 0.1) is 5.92 Å². The SMILES string of the molecule is COc1ccccc1CN(C)C(=O)C1CCN(Cc2nc(-c3ccc(Cl)cc3Cl)no2)CC1. The lowest BCUT2D eigenvalue weighted by molar-refractivity contribution is -0.136. The number of ether oxygens (including phenoxy) is 1. The number of carbonyl (C=O) groups is 1. The molecule has 1 fully saturated rings. The predicted molar refractivity (Wildman–Crippen MR) is 127 cm³/mol. The van der Waals surface area contributed by atoms with Crippen molar-refractivity contribution < 1.29 is 14.1 Å². The van der Waals surface area contributed by atoms with Crippen molar-refractivity contribution in [2.45, 2.75) is 25.9 Å². The van der Waals surface area contributed by atoms with Crippen LogP contribution in [0.1, 0.15) is 24.3 Å². The number of hydrogen-bond donors (Lipinski definition) is 0. The van der Waals surface area contributed by atoms with Crippen molar-refractivity contribution in [2.75, 3.05) is 27.2 Å². The lowest BCUT2D eigenvalue weighted by Crippen LogP contribution is -2.40. The molecule has 0 unspecified atom stereocenters. The van der Waals surface area contributed by atoms with Gasteiger partial charge in [0, 0.05) is 35.7 Å². The molecule has 0 atom stereocenters. The summed E-state index contributed by atoms with van der Waals surface area (Å²) in [5.41, 5.74) is 1.68. The molecule has 9 heteroatoms. The molecule has 1 amide bonds. The Kier molecular flexibility index (Phi) is 7.53. The van der Waals surface area contributed by atoms with Crippen LogP contribution in [0.4, 0.5) is 0 Å². The molecule has 1 saturated heterocycles. The van der Waals surface area contributed by atoms with Crippen molar-refractivity contribution in [1.82, 2.24) is 19.9 Å². The molecule has 7 nitrogen and oxygen atoms in total. The Balaban J connectivity index is 1.30. The highest BCUT2D eigenvalue weighted by molar-refractivity contribution is 6.36. The summed E-state index contributed by atoms with van der Waals surface area (Å²) in [5.74, 6) is 1.93. The normalized spacial score (nSPS) is 14.9. The predicted octanol–water partition coefficient (Wildman–Crippen LogP) is 4.92. The Bertz CT molecular complexity index is 1110. The van der Waals surface area contributed by atoms with E-state index in [1.165, 1.54) is 0 Å². The van der Waals surface area contributed by atoms with Crippen LogP contribution < -0.4 is 4.74 Å². The second-order valence-electron chi connectivity index (χ2n) is 8.19. The molecule has 1 aromatic heterocycles. The average Bonchev–Trinajstić information content (AvgIpc) is 3.27. The van der Waals surface area contributed by atoms with E-state index in [1.54, 1.807) is 30.2 Å². The van der Waals surface area contributed by atoms with E-state index in [1.807, 2.05) is 31.3 Å². The minimum atomic E-state index is 0.00655. The van der Waals surface area contributed by atoms with Crippen molar-refractivity contribution in [3.63, 3.8) is 0 Å². The zero-order chi connectivity index (χ0) is 23.4. The third-order valence-electron chi connectivity index (χ3n) is 5.91. The number of carbonyl (C=O) groups excluding carboxylic acids is 1. The number of para-hydroxylation sites is 1. The highest BCUT2D eigenvalue weighted by atomic mass is 35.5. The summed E-state index contributed by atoms with van der Waals surface area (Å²) in [6.45, 7) is 2.65. The van der Waals surface area contributed by atoms with Gasteiger partial charge in [0.25, 0.3) is 0 Å². The van der Waals surface area contributed by atoms with E-state index >= 15 is 0 Å². The average molecular weight is 489 g/mol. The Morgan fingerprint density at radius 3 is 2.70 bits per heavy atom. The maximum absolute atomic E-state index is 13.0. The minimum absolute atomic E-state index is 0.00655. The van der Waals surface area contributed by atoms with Crippen molar-refractivity contribution in [2.24, 2.45) is 5.92 Å². The van der Waals surface area contributed by atoms with Gasteiger partial charge in [-0.1, -0.05) is 46.6 Å². The number of methoxy groups -OCH3 is 1. The second kappa shape index (κ2) is 10.5. The Morgan fingerprint density at radius 2 is 1.97 bits per heavy atom. The van der Waals surface area contributed by atoms with E-state index in [4.69, 9.17) is 32.5 Å². The molecule has 0 aliphatic carbocycles. The number of piperidine rings is 1. The summed E-state index contributed by atoms with van der Waals surface area (Å²) >= 11 is 12.2. The molecule has 174 valence electrons. The van der Waals surface area contributed by atoms with E-state index in [9.17, 15) is 4.79 Å². The molecule has 2 aromatic carbocycles. The first-order valence-corrected chi connectivity index (χ1v) is 11.6. The van der Waals surface area contributed by atoms with Crippen LogP contribution >= 0.6 is 23.2 Å². The Labute approximate surface area is 203 Å². The van der Waals surface area contributed by atoms with Gasteiger partial charge in [0.15, 0.2) is 0 Å². The fourth-order valence-electron chi connectivity index (χ4n) is 4.11. The molecule has 0 bridgehead atoms. The van der Waals surface area contributed by atoms with Crippen molar-refractivity contribution in [3.8, 4) is 17.1 Å². The largest absolute Gasteiger partial charge is 0.496 e. The molecule has 1 aliphatic heterocycles. The monoisotopic (exact) mass is 488 g/mol. The molecule has 0 spiro atoms. The highest BCUT2D eigenvalue weighted by Crippen LogP contribution is 2.29. The molecule has 1 aliphatic rings. The number of amides is 1. The summed E-state index contributed by atoms with van der Waals surface area (Å²) in [5, 5.41) is 5.08. The van der Waals surface area contributed by atoms with Gasteiger partial charge in [-0.2, -0.15) is 4.98 Å². The molecular weight excluding hydrogens is 463 g/mol. The van der Waals surface area contributed by atoms with Crippen LogP contribution in [0.15, 0.2) is 47.0 Å². The van der Waals surface area contributed by atoms with Gasteiger partial charge in [-0.3, -0.25) is 9.69 Å². The molecule has 33 heavy (non-hydrogen) atoms. The number of likely N-dealkylation sites (tertiary alicyclic amines) is 1. The number of aromatic nitrogens is 2. The van der Waals surface area contributed by atoms with Crippen molar-refractivity contribution >= 4 is 29.1 Å². The van der Waals surface area contributed by atoms with Gasteiger partial charge in [0.1, 0.15) is 5.75 Å². The Morgan fingerprint density at radius 1 is 1.21 bits per heavy atom. The second-order valence-corrected chi connectivity index (χ2v) is 9.04. The van der Waals surface area contributed by atoms with Gasteiger partial charge >= 0.3 is 0 Å². The molecule has 2 heterocycles. The van der Waals surface area contributed by atoms with E-state index in [0.717, 1.165) is 37.2 Å². The topological polar surface area (TPSA) is 71.7 Å². The summed E-state index contributed by atoms with van der Waals surface area (Å²) in [7, 11) is 3.50. The lowest BCUT2D eigenvalue weighted by Gasteiger charge is -2.32. The number of nitrogens with zero attached hydrogens (tertiary/aromatic N) is 4. The molecule has 0 saturated carbocycles. The zero-order valence-corrected chi connectivity index (χ0v) is 20.1. The standard InChI is InChI=1S/C24H26Cl2N4O3/c1-29(14-17-5-3-4-6-21(17)32-2)24(31)16-9-11-30(12-10-16)15-22-27-23(28-33-22)19-8-7-18(25)13-20(19)26/h3-8,13,16H,9-12,14-15H2,1-2H3. The summed E-state index contributed by atoms with van der Waals surface area (Å²) in [6.07, 6.45) is 1.58. The van der Waals surface area contributed by atoms with E-state index in [2.05, 4.69) is 15.0 Å². The first-order chi connectivity index (χ1) is 15.9. The van der Waals surface area contributed by atoms with Crippen LogP contribution in [-0.2, 0) is 17.9 Å². The van der Waals surface area contributed by atoms with Crippen LogP contribution in [0.5, 0.6) is 5.75 Å². The van der Waals surface area contributed by atoms with Crippen LogP contribution in [-0.4, -0.2) is 53.1 Å². The zero-order valence-electron chi connectivity index (χ0n) is 18.6. The first-order valence-electron chi connectivity index (χ1n) is 10.8. The maximum Gasteiger partial charge on any atom is 0.241 e. The molecule has 4 rings (SSSR count). The quantitative estimate of drug-likeness (QED) is 0.469. The number of halogens is 2. The molecular formula is C24H26Cl2N4O3. The fraction of sp³-hybridized carbons (Fsp3) is 0.375. The van der Waals surface area contributed by atoms with Crippen molar-refractivity contribution in [1.29, 1.82) is 0 Å². The number of rotatable bonds is 7. The van der Waals surface area contributed by atoms with Crippen LogP contribution in [0.25, 0.3) is 11.4 Å². The molecule has 3 aromatic rings. The first kappa shape index (κ1) is 23.5. The van der Waals surface area contributed by atoms with Gasteiger partial charge in [0.2, 0.25) is 17.6 Å². The third kappa shape index (κ3) is 5.66. The van der Waals surface area contributed by atoms with Gasteiger partial charge < -0.3 is 14.2 Å². The van der Waals surface area contributed by atoms with E-state index in [0.29, 0.717) is 40.4 Å². The van der Waals surface area contributed by atoms with E-state index in [-0.39, 0.29) is 11.8 Å². The fourth-order valence-corrected chi connectivity index (χ4v) is 4.60. The van der Waals surface area contributed by atoms with Gasteiger partial charge in [0.05, 0.1) is 18.7 Å². The third-order valence-corrected chi connectivity index (χ3v) is 6.46. The van der Waals surface area contributed by atoms with E-state index < -0.39 is 0 Å². The summed E-state index contributed by atoms with van der Waals surface area (Å²) in [4.78, 5) is 21.5. The van der Waals surface area contributed by atoms with Gasteiger partial charge in [-0.05, 0) is 50.2 Å². The molecule has 0 radical (unpaired) electrons. The van der Waals surface area contributed by atoms with Gasteiger partial charge in [-0.15, -0.1) is 0 Å². The van der Waals surface area contributed by atoms with Gasteiger partial charge in [-0.25, -0.2) is 0 Å². The van der Waals surface area contributed by atoms with Crippen LogP contribution in [0.3, 0.4) is 0 Å². The maximum atomic E-state index is 13.0. The Hall–Kier alpha value is -2.61. The van der Waals surface area contributed by atoms with Crippen LogP contribution in [0.2, 0.25) is 10.0 Å². The molecule has 0 N–H and O–H groups in total. The number of benzene rings is 2. The summed E-state index contributed by atoms with van der Waals surface area (Å²) < 4.78 is 10.8. The number of hydrogen-bond acceptors (Lipinski definition) is 6.